The smallest absolute Gasteiger partial charge is 0.256 e. The van der Waals surface area contributed by atoms with Crippen LogP contribution in [-0.2, 0) is 0 Å². The first-order valence-electron chi connectivity index (χ1n) is 5.90. The van der Waals surface area contributed by atoms with Gasteiger partial charge in [0.05, 0.1) is 0 Å². The Morgan fingerprint density at radius 3 is 2.58 bits per heavy atom. The Morgan fingerprint density at radius 1 is 1.16 bits per heavy atom. The van der Waals surface area contributed by atoms with E-state index in [1.165, 1.54) is 0 Å². The third-order valence-corrected chi connectivity index (χ3v) is 3.26. The second-order valence-electron chi connectivity index (χ2n) is 4.55. The Balaban J connectivity index is 2.28. The fourth-order valence-electron chi connectivity index (χ4n) is 1.89. The van der Waals surface area contributed by atoms with Crippen molar-refractivity contribution in [1.29, 1.82) is 0 Å². The largest absolute Gasteiger partial charge is 0.399 e. The number of carbonyl (C=O) groups is 1. The number of aryl methyl sites for hydroxylation is 2. The van der Waals surface area contributed by atoms with Gasteiger partial charge in [0, 0.05) is 21.4 Å². The first-order valence-corrected chi connectivity index (χ1v) is 6.69. The summed E-state index contributed by atoms with van der Waals surface area (Å²) in [4.78, 5) is 12.2. The molecule has 0 aliphatic carbocycles. The number of nitrogens with one attached hydrogen (secondary N) is 1. The number of anilines is 2. The summed E-state index contributed by atoms with van der Waals surface area (Å²) in [7, 11) is 0. The Morgan fingerprint density at radius 2 is 1.89 bits per heavy atom. The maximum absolute atomic E-state index is 12.2. The van der Waals surface area contributed by atoms with Crippen molar-refractivity contribution in [3.05, 3.63) is 57.6 Å². The number of halogens is 1. The van der Waals surface area contributed by atoms with Gasteiger partial charge in [0.15, 0.2) is 0 Å². The zero-order valence-corrected chi connectivity index (χ0v) is 12.4. The van der Waals surface area contributed by atoms with Crippen LogP contribution < -0.4 is 11.1 Å². The second kappa shape index (κ2) is 5.45. The normalized spacial score (nSPS) is 10.3. The van der Waals surface area contributed by atoms with Gasteiger partial charge >= 0.3 is 0 Å². The van der Waals surface area contributed by atoms with Gasteiger partial charge in [-0.15, -0.1) is 0 Å². The molecular weight excluding hydrogens is 304 g/mol. The summed E-state index contributed by atoms with van der Waals surface area (Å²) in [6.45, 7) is 3.87. The Hall–Kier alpha value is -1.81. The van der Waals surface area contributed by atoms with E-state index >= 15 is 0 Å². The maximum atomic E-state index is 12.2. The number of rotatable bonds is 2. The number of hydrogen-bond acceptors (Lipinski definition) is 2. The van der Waals surface area contributed by atoms with Gasteiger partial charge in [-0.2, -0.15) is 0 Å². The molecule has 2 aromatic rings. The zero-order chi connectivity index (χ0) is 14.0. The van der Waals surface area contributed by atoms with Crippen molar-refractivity contribution < 1.29 is 4.79 Å². The number of hydrogen-bond donors (Lipinski definition) is 2. The molecule has 0 fully saturated rings. The molecule has 3 N–H and O–H groups in total. The average molecular weight is 319 g/mol. The molecule has 0 heterocycles. The van der Waals surface area contributed by atoms with Gasteiger partial charge < -0.3 is 11.1 Å². The molecule has 0 radical (unpaired) electrons. The number of carbonyl (C=O) groups excluding carboxylic acids is 1. The molecule has 0 unspecified atom stereocenters. The molecule has 98 valence electrons. The SMILES string of the molecule is Cc1cc(Br)cc(NC(=O)c2cc(N)ccc2C)c1. The minimum atomic E-state index is -0.151. The van der Waals surface area contributed by atoms with Gasteiger partial charge in [0.2, 0.25) is 0 Å². The predicted molar refractivity (Wildman–Crippen MR) is 82.4 cm³/mol. The van der Waals surface area contributed by atoms with E-state index in [0.29, 0.717) is 11.3 Å². The molecule has 1 amide bonds. The van der Waals surface area contributed by atoms with Gasteiger partial charge in [-0.3, -0.25) is 4.79 Å². The van der Waals surface area contributed by atoms with Gasteiger partial charge in [-0.25, -0.2) is 0 Å². The van der Waals surface area contributed by atoms with E-state index in [1.807, 2.05) is 38.1 Å². The standard InChI is InChI=1S/C15H15BrN2O/c1-9-5-11(16)7-13(6-9)18-15(19)14-8-12(17)4-3-10(14)2/h3-8H,17H2,1-2H3,(H,18,19). The van der Waals surface area contributed by atoms with Gasteiger partial charge in [-0.05, 0) is 55.3 Å². The van der Waals surface area contributed by atoms with Crippen molar-refractivity contribution in [1.82, 2.24) is 0 Å². The molecule has 0 saturated carbocycles. The molecule has 2 rings (SSSR count). The third-order valence-electron chi connectivity index (χ3n) is 2.81. The molecule has 0 atom stereocenters. The molecule has 4 heteroatoms. The highest BCUT2D eigenvalue weighted by Crippen LogP contribution is 2.21. The summed E-state index contributed by atoms with van der Waals surface area (Å²) in [6, 6.07) is 11.1. The lowest BCUT2D eigenvalue weighted by atomic mass is 10.1. The van der Waals surface area contributed by atoms with Gasteiger partial charge in [-0.1, -0.05) is 22.0 Å². The number of nitrogen functional groups attached to an aromatic ring is 1. The van der Waals surface area contributed by atoms with Crippen molar-refractivity contribution in [3.8, 4) is 0 Å². The highest BCUT2D eigenvalue weighted by atomic mass is 79.9. The summed E-state index contributed by atoms with van der Waals surface area (Å²) in [5.41, 5.74) is 9.64. The number of benzene rings is 2. The molecule has 0 aliphatic rings. The van der Waals surface area contributed by atoms with Crippen molar-refractivity contribution >= 4 is 33.2 Å². The molecule has 2 aromatic carbocycles. The Labute approximate surface area is 121 Å². The van der Waals surface area contributed by atoms with Crippen molar-refractivity contribution in [2.75, 3.05) is 11.1 Å². The summed E-state index contributed by atoms with van der Waals surface area (Å²) >= 11 is 3.41. The highest BCUT2D eigenvalue weighted by molar-refractivity contribution is 9.10. The fraction of sp³-hybridized carbons (Fsp3) is 0.133. The zero-order valence-electron chi connectivity index (χ0n) is 10.8. The minimum Gasteiger partial charge on any atom is -0.399 e. The fourth-order valence-corrected chi connectivity index (χ4v) is 2.50. The van der Waals surface area contributed by atoms with Crippen LogP contribution in [0.15, 0.2) is 40.9 Å². The van der Waals surface area contributed by atoms with Crippen LogP contribution in [0.2, 0.25) is 0 Å². The van der Waals surface area contributed by atoms with Crippen LogP contribution >= 0.6 is 15.9 Å². The summed E-state index contributed by atoms with van der Waals surface area (Å²) < 4.78 is 0.937. The molecule has 0 aliphatic heterocycles. The van der Waals surface area contributed by atoms with Crippen LogP contribution in [0.4, 0.5) is 11.4 Å². The Kier molecular flexibility index (Phi) is 3.90. The monoisotopic (exact) mass is 318 g/mol. The molecule has 0 aromatic heterocycles. The first kappa shape index (κ1) is 13.6. The van der Waals surface area contributed by atoms with Crippen LogP contribution in [0.3, 0.4) is 0 Å². The quantitative estimate of drug-likeness (QED) is 0.825. The van der Waals surface area contributed by atoms with E-state index in [2.05, 4.69) is 21.2 Å². The molecular formula is C15H15BrN2O. The predicted octanol–water partition coefficient (Wildman–Crippen LogP) is 3.90. The lowest BCUT2D eigenvalue weighted by Crippen LogP contribution is -2.13. The Bertz CT molecular complexity index is 618. The lowest BCUT2D eigenvalue weighted by Gasteiger charge is -2.09. The van der Waals surface area contributed by atoms with E-state index in [9.17, 15) is 4.79 Å². The van der Waals surface area contributed by atoms with Crippen LogP contribution in [0, 0.1) is 13.8 Å². The van der Waals surface area contributed by atoms with E-state index in [1.54, 1.807) is 12.1 Å². The highest BCUT2D eigenvalue weighted by Gasteiger charge is 2.10. The molecule has 19 heavy (non-hydrogen) atoms. The molecule has 0 spiro atoms. The van der Waals surface area contributed by atoms with Crippen LogP contribution in [0.25, 0.3) is 0 Å². The maximum Gasteiger partial charge on any atom is 0.256 e. The third kappa shape index (κ3) is 3.35. The van der Waals surface area contributed by atoms with Crippen molar-refractivity contribution in [2.45, 2.75) is 13.8 Å². The van der Waals surface area contributed by atoms with E-state index in [4.69, 9.17) is 5.73 Å². The van der Waals surface area contributed by atoms with Crippen LogP contribution in [-0.4, -0.2) is 5.91 Å². The van der Waals surface area contributed by atoms with Crippen LogP contribution in [0.1, 0.15) is 21.5 Å². The van der Waals surface area contributed by atoms with E-state index in [0.717, 1.165) is 21.3 Å². The van der Waals surface area contributed by atoms with Gasteiger partial charge in [0.1, 0.15) is 0 Å². The molecule has 0 bridgehead atoms. The summed E-state index contributed by atoms with van der Waals surface area (Å²) in [6.07, 6.45) is 0. The van der Waals surface area contributed by atoms with Crippen molar-refractivity contribution in [2.24, 2.45) is 0 Å². The first-order chi connectivity index (χ1) is 8.95. The number of nitrogens with two attached hydrogens (primary N) is 1. The second-order valence-corrected chi connectivity index (χ2v) is 5.46. The number of amides is 1. The van der Waals surface area contributed by atoms with Crippen LogP contribution in [0.5, 0.6) is 0 Å². The molecule has 0 saturated heterocycles. The van der Waals surface area contributed by atoms with Crippen molar-refractivity contribution in [3.63, 3.8) is 0 Å². The minimum absolute atomic E-state index is 0.151. The summed E-state index contributed by atoms with van der Waals surface area (Å²) in [5.74, 6) is -0.151. The average Bonchev–Trinajstić information content (AvgIpc) is 2.30. The lowest BCUT2D eigenvalue weighted by molar-refractivity contribution is 0.102. The summed E-state index contributed by atoms with van der Waals surface area (Å²) in [5, 5.41) is 2.88. The van der Waals surface area contributed by atoms with Gasteiger partial charge in [0.25, 0.3) is 5.91 Å². The van der Waals surface area contributed by atoms with E-state index in [-0.39, 0.29) is 5.91 Å². The topological polar surface area (TPSA) is 55.1 Å². The van der Waals surface area contributed by atoms with E-state index < -0.39 is 0 Å². The molecule has 3 nitrogen and oxygen atoms in total.